The Balaban J connectivity index is 2.23. The molecule has 1 amide bonds. The molecule has 2 rings (SSSR count). The fourth-order valence-corrected chi connectivity index (χ4v) is 2.35. The second-order valence-corrected chi connectivity index (χ2v) is 5.20. The Labute approximate surface area is 126 Å². The molecule has 0 bridgehead atoms. The van der Waals surface area contributed by atoms with Gasteiger partial charge < -0.3 is 4.90 Å². The average Bonchev–Trinajstić information content (AvgIpc) is 2.94. The third-order valence-corrected chi connectivity index (χ3v) is 3.63. The Kier molecular flexibility index (Phi) is 4.35. The molecule has 0 N–H and O–H groups in total. The van der Waals surface area contributed by atoms with Gasteiger partial charge in [0.05, 0.1) is 34.7 Å². The van der Waals surface area contributed by atoms with E-state index in [4.69, 9.17) is 23.2 Å². The Morgan fingerprint density at radius 2 is 1.95 bits per heavy atom. The van der Waals surface area contributed by atoms with Gasteiger partial charge >= 0.3 is 0 Å². The topological polar surface area (TPSA) is 56.0 Å². The minimum absolute atomic E-state index is 0.202. The maximum absolute atomic E-state index is 12.5. The van der Waals surface area contributed by atoms with Gasteiger partial charge in [-0.3, -0.25) is 14.2 Å². The normalized spacial score (nSPS) is 10.8. The fraction of sp³-hybridized carbons (Fsp3) is 0.417. The van der Waals surface area contributed by atoms with Crippen LogP contribution in [0.2, 0.25) is 10.0 Å². The van der Waals surface area contributed by atoms with Crippen molar-refractivity contribution >= 4 is 29.1 Å². The minimum Gasteiger partial charge on any atom is -0.334 e. The van der Waals surface area contributed by atoms with Gasteiger partial charge in [-0.2, -0.15) is 10.2 Å². The number of carbonyl (C=O) groups excluding carboxylic acids is 1. The maximum Gasteiger partial charge on any atom is 0.273 e. The SMILES string of the molecule is CCn1ncc(Cl)c1C(=O)N(C)Cc1c(Cl)cnn1C. The molecule has 0 fully saturated rings. The fourth-order valence-electron chi connectivity index (χ4n) is 1.91. The Hall–Kier alpha value is -1.53. The van der Waals surface area contributed by atoms with E-state index in [1.54, 1.807) is 29.7 Å². The molecule has 2 aromatic heterocycles. The van der Waals surface area contributed by atoms with E-state index in [-0.39, 0.29) is 5.91 Å². The van der Waals surface area contributed by atoms with Crippen LogP contribution in [0.3, 0.4) is 0 Å². The van der Waals surface area contributed by atoms with Gasteiger partial charge in [0, 0.05) is 20.6 Å². The van der Waals surface area contributed by atoms with Crippen molar-refractivity contribution in [1.29, 1.82) is 0 Å². The molecule has 0 aliphatic heterocycles. The Morgan fingerprint density at radius 3 is 2.50 bits per heavy atom. The molecule has 0 radical (unpaired) electrons. The summed E-state index contributed by atoms with van der Waals surface area (Å²) < 4.78 is 3.22. The van der Waals surface area contributed by atoms with Crippen molar-refractivity contribution < 1.29 is 4.79 Å². The van der Waals surface area contributed by atoms with Gasteiger partial charge in [0.1, 0.15) is 5.69 Å². The van der Waals surface area contributed by atoms with Gasteiger partial charge in [-0.25, -0.2) is 0 Å². The lowest BCUT2D eigenvalue weighted by Crippen LogP contribution is -2.29. The lowest BCUT2D eigenvalue weighted by atomic mass is 10.3. The quantitative estimate of drug-likeness (QED) is 0.869. The number of carbonyl (C=O) groups is 1. The number of hydrogen-bond acceptors (Lipinski definition) is 3. The molecular weight excluding hydrogens is 301 g/mol. The van der Waals surface area contributed by atoms with Crippen molar-refractivity contribution in [3.8, 4) is 0 Å². The molecular formula is C12H15Cl2N5O. The van der Waals surface area contributed by atoms with E-state index in [1.165, 1.54) is 11.1 Å². The van der Waals surface area contributed by atoms with Crippen LogP contribution in [0, 0.1) is 0 Å². The highest BCUT2D eigenvalue weighted by Crippen LogP contribution is 2.20. The van der Waals surface area contributed by atoms with Crippen molar-refractivity contribution in [3.63, 3.8) is 0 Å². The summed E-state index contributed by atoms with van der Waals surface area (Å²) in [7, 11) is 3.47. The second kappa shape index (κ2) is 5.85. The van der Waals surface area contributed by atoms with Crippen LogP contribution in [-0.2, 0) is 20.1 Å². The first-order valence-electron chi connectivity index (χ1n) is 6.08. The van der Waals surface area contributed by atoms with Gasteiger partial charge in [-0.1, -0.05) is 23.2 Å². The summed E-state index contributed by atoms with van der Waals surface area (Å²) in [5, 5.41) is 8.99. The van der Waals surface area contributed by atoms with Gasteiger partial charge in [0.25, 0.3) is 5.91 Å². The van der Waals surface area contributed by atoms with Gasteiger partial charge in [0.2, 0.25) is 0 Å². The van der Waals surface area contributed by atoms with Crippen LogP contribution >= 0.6 is 23.2 Å². The van der Waals surface area contributed by atoms with Gasteiger partial charge in [0.15, 0.2) is 0 Å². The number of amides is 1. The molecule has 0 saturated carbocycles. The van der Waals surface area contributed by atoms with Gasteiger partial charge in [-0.05, 0) is 6.92 Å². The zero-order chi connectivity index (χ0) is 14.9. The standard InChI is InChI=1S/C12H15Cl2N5O/c1-4-19-11(9(14)6-16-19)12(20)17(2)7-10-8(13)5-15-18(10)3/h5-6H,4,7H2,1-3H3. The van der Waals surface area contributed by atoms with E-state index in [2.05, 4.69) is 10.2 Å². The van der Waals surface area contributed by atoms with E-state index < -0.39 is 0 Å². The van der Waals surface area contributed by atoms with E-state index in [0.717, 1.165) is 5.69 Å². The van der Waals surface area contributed by atoms with Crippen LogP contribution in [0.25, 0.3) is 0 Å². The molecule has 6 nitrogen and oxygen atoms in total. The first kappa shape index (κ1) is 14.9. The molecule has 2 aromatic rings. The molecule has 0 unspecified atom stereocenters. The lowest BCUT2D eigenvalue weighted by Gasteiger charge is -2.18. The average molecular weight is 316 g/mol. The van der Waals surface area contributed by atoms with E-state index in [9.17, 15) is 4.79 Å². The summed E-state index contributed by atoms with van der Waals surface area (Å²) in [5.41, 5.74) is 1.15. The van der Waals surface area contributed by atoms with Crippen molar-refractivity contribution in [2.75, 3.05) is 7.05 Å². The third-order valence-electron chi connectivity index (χ3n) is 3.04. The van der Waals surface area contributed by atoms with Crippen LogP contribution in [-0.4, -0.2) is 37.4 Å². The number of aromatic nitrogens is 4. The van der Waals surface area contributed by atoms with Crippen LogP contribution in [0.4, 0.5) is 0 Å². The smallest absolute Gasteiger partial charge is 0.273 e. The molecule has 0 atom stereocenters. The molecule has 0 saturated heterocycles. The minimum atomic E-state index is -0.202. The number of hydrogen-bond donors (Lipinski definition) is 0. The largest absolute Gasteiger partial charge is 0.334 e. The zero-order valence-electron chi connectivity index (χ0n) is 11.5. The molecule has 20 heavy (non-hydrogen) atoms. The van der Waals surface area contributed by atoms with Crippen LogP contribution in [0.5, 0.6) is 0 Å². The summed E-state index contributed by atoms with van der Waals surface area (Å²) in [6.07, 6.45) is 3.03. The first-order valence-corrected chi connectivity index (χ1v) is 6.84. The number of nitrogens with zero attached hydrogens (tertiary/aromatic N) is 5. The first-order chi connectivity index (χ1) is 9.45. The highest BCUT2D eigenvalue weighted by molar-refractivity contribution is 6.33. The lowest BCUT2D eigenvalue weighted by molar-refractivity contribution is 0.0770. The maximum atomic E-state index is 12.5. The van der Waals surface area contributed by atoms with Crippen molar-refractivity contribution in [2.45, 2.75) is 20.0 Å². The molecule has 8 heteroatoms. The summed E-state index contributed by atoms with van der Waals surface area (Å²) in [6.45, 7) is 2.82. The predicted octanol–water partition coefficient (Wildman–Crippen LogP) is 2.22. The highest BCUT2D eigenvalue weighted by Gasteiger charge is 2.22. The van der Waals surface area contributed by atoms with Crippen LogP contribution < -0.4 is 0 Å². The molecule has 0 aromatic carbocycles. The van der Waals surface area contributed by atoms with Crippen LogP contribution in [0.1, 0.15) is 23.1 Å². The molecule has 0 aliphatic carbocycles. The van der Waals surface area contributed by atoms with E-state index in [0.29, 0.717) is 28.8 Å². The zero-order valence-corrected chi connectivity index (χ0v) is 13.0. The van der Waals surface area contributed by atoms with Crippen molar-refractivity contribution in [2.24, 2.45) is 7.05 Å². The molecule has 108 valence electrons. The third kappa shape index (κ3) is 2.66. The summed E-state index contributed by atoms with van der Waals surface area (Å²) in [4.78, 5) is 14.0. The highest BCUT2D eigenvalue weighted by atomic mass is 35.5. The number of halogens is 2. The molecule has 0 spiro atoms. The number of aryl methyl sites for hydroxylation is 2. The van der Waals surface area contributed by atoms with Crippen molar-refractivity contribution in [3.05, 3.63) is 33.8 Å². The van der Waals surface area contributed by atoms with Crippen molar-refractivity contribution in [1.82, 2.24) is 24.5 Å². The molecule has 2 heterocycles. The second-order valence-electron chi connectivity index (χ2n) is 4.38. The van der Waals surface area contributed by atoms with Gasteiger partial charge in [-0.15, -0.1) is 0 Å². The predicted molar refractivity (Wildman–Crippen MR) is 76.9 cm³/mol. The van der Waals surface area contributed by atoms with E-state index >= 15 is 0 Å². The van der Waals surface area contributed by atoms with Crippen LogP contribution in [0.15, 0.2) is 12.4 Å². The molecule has 0 aliphatic rings. The summed E-state index contributed by atoms with van der Waals surface area (Å²) in [6, 6.07) is 0. The monoisotopic (exact) mass is 315 g/mol. The number of rotatable bonds is 4. The van der Waals surface area contributed by atoms with E-state index in [1.807, 2.05) is 6.92 Å². The summed E-state index contributed by atoms with van der Waals surface area (Å²) >= 11 is 12.1. The Bertz CT molecular complexity index is 614. The Morgan fingerprint density at radius 1 is 1.30 bits per heavy atom. The summed E-state index contributed by atoms with van der Waals surface area (Å²) in [5.74, 6) is -0.202.